The third kappa shape index (κ3) is 1.83. The van der Waals surface area contributed by atoms with Crippen molar-refractivity contribution in [3.8, 4) is 0 Å². The van der Waals surface area contributed by atoms with Gasteiger partial charge in [0.2, 0.25) is 0 Å². The van der Waals surface area contributed by atoms with Crippen molar-refractivity contribution in [3.63, 3.8) is 0 Å². The van der Waals surface area contributed by atoms with Crippen molar-refractivity contribution in [1.82, 2.24) is 10.2 Å². The van der Waals surface area contributed by atoms with Crippen molar-refractivity contribution >= 4 is 6.09 Å². The molecule has 2 fully saturated rings. The van der Waals surface area contributed by atoms with Crippen LogP contribution in [0, 0.1) is 5.92 Å². The molecule has 5 nitrogen and oxygen atoms in total. The van der Waals surface area contributed by atoms with Gasteiger partial charge in [-0.15, -0.1) is 0 Å². The predicted molar refractivity (Wildman–Crippen MR) is 51.9 cm³/mol. The highest BCUT2D eigenvalue weighted by Crippen LogP contribution is 2.17. The Morgan fingerprint density at radius 2 is 2.50 bits per heavy atom. The van der Waals surface area contributed by atoms with Crippen molar-refractivity contribution in [1.29, 1.82) is 0 Å². The molecule has 2 rings (SSSR count). The molecule has 2 heterocycles. The average molecular weight is 199 g/mol. The highest BCUT2D eigenvalue weighted by atomic mass is 16.6. The molecule has 1 amide bonds. The minimum Gasteiger partial charge on any atom is -0.447 e. The molecule has 0 aromatic heterocycles. The molecule has 0 saturated carbocycles. The Balaban J connectivity index is 1.90. The molecule has 0 aromatic rings. The Bertz CT molecular complexity index is 216. The van der Waals surface area contributed by atoms with Crippen LogP contribution in [0.4, 0.5) is 4.79 Å². The third-order valence-corrected chi connectivity index (χ3v) is 2.96. The maximum atomic E-state index is 11.4. The molecule has 2 atom stereocenters. The highest BCUT2D eigenvalue weighted by molar-refractivity contribution is 5.70. The second-order valence-corrected chi connectivity index (χ2v) is 3.98. The Labute approximate surface area is 83.6 Å². The van der Waals surface area contributed by atoms with E-state index in [9.17, 15) is 4.79 Å². The third-order valence-electron chi connectivity index (χ3n) is 2.96. The summed E-state index contributed by atoms with van der Waals surface area (Å²) in [6, 6.07) is 0.0862. The number of amides is 1. The van der Waals surface area contributed by atoms with Gasteiger partial charge in [0.05, 0.1) is 6.04 Å². The molecule has 0 bridgehead atoms. The first kappa shape index (κ1) is 9.73. The van der Waals surface area contributed by atoms with Crippen LogP contribution in [0.3, 0.4) is 0 Å². The quantitative estimate of drug-likeness (QED) is 0.635. The maximum Gasteiger partial charge on any atom is 0.410 e. The number of hydrogen-bond donors (Lipinski definition) is 2. The van der Waals surface area contributed by atoms with E-state index in [1.54, 1.807) is 4.90 Å². The van der Waals surface area contributed by atoms with E-state index in [-0.39, 0.29) is 12.1 Å². The van der Waals surface area contributed by atoms with Crippen LogP contribution in [-0.4, -0.2) is 49.8 Å². The molecule has 0 aromatic carbocycles. The summed E-state index contributed by atoms with van der Waals surface area (Å²) >= 11 is 0. The zero-order valence-corrected chi connectivity index (χ0v) is 8.24. The van der Waals surface area contributed by atoms with Gasteiger partial charge >= 0.3 is 6.09 Å². The smallest absolute Gasteiger partial charge is 0.410 e. The second kappa shape index (κ2) is 4.14. The molecule has 3 N–H and O–H groups in total. The van der Waals surface area contributed by atoms with Crippen LogP contribution >= 0.6 is 0 Å². The minimum absolute atomic E-state index is 0.0862. The van der Waals surface area contributed by atoms with Crippen LogP contribution in [0.2, 0.25) is 0 Å². The molecule has 0 spiro atoms. The number of hydrogen-bond acceptors (Lipinski definition) is 4. The van der Waals surface area contributed by atoms with Crippen LogP contribution < -0.4 is 11.1 Å². The summed E-state index contributed by atoms with van der Waals surface area (Å²) in [7, 11) is 0. The standard InChI is InChI=1S/C9H17N3O2/c10-3-8-6-14-9(13)12(8)5-7-1-2-11-4-7/h7-8,11H,1-6,10H2. The van der Waals surface area contributed by atoms with Crippen molar-refractivity contribution in [3.05, 3.63) is 0 Å². The van der Waals surface area contributed by atoms with E-state index in [2.05, 4.69) is 5.32 Å². The summed E-state index contributed by atoms with van der Waals surface area (Å²) < 4.78 is 4.97. The fourth-order valence-corrected chi connectivity index (χ4v) is 2.06. The lowest BCUT2D eigenvalue weighted by Crippen LogP contribution is -2.42. The number of carbonyl (C=O) groups is 1. The molecule has 2 saturated heterocycles. The first-order valence-corrected chi connectivity index (χ1v) is 5.15. The van der Waals surface area contributed by atoms with Crippen molar-refractivity contribution < 1.29 is 9.53 Å². The van der Waals surface area contributed by atoms with Crippen molar-refractivity contribution in [2.24, 2.45) is 11.7 Å². The zero-order chi connectivity index (χ0) is 9.97. The van der Waals surface area contributed by atoms with E-state index < -0.39 is 0 Å². The number of nitrogens with one attached hydrogen (secondary N) is 1. The van der Waals surface area contributed by atoms with Crippen LogP contribution in [-0.2, 0) is 4.74 Å². The van der Waals surface area contributed by atoms with Gasteiger partial charge in [-0.25, -0.2) is 4.79 Å². The highest BCUT2D eigenvalue weighted by Gasteiger charge is 2.33. The van der Waals surface area contributed by atoms with Crippen LogP contribution in [0.15, 0.2) is 0 Å². The lowest BCUT2D eigenvalue weighted by Gasteiger charge is -2.22. The zero-order valence-electron chi connectivity index (χ0n) is 8.24. The molecule has 2 aliphatic heterocycles. The summed E-state index contributed by atoms with van der Waals surface area (Å²) in [6.45, 7) is 3.79. The summed E-state index contributed by atoms with van der Waals surface area (Å²) in [6.07, 6.45) is 0.938. The first-order chi connectivity index (χ1) is 6.81. The lowest BCUT2D eigenvalue weighted by atomic mass is 10.1. The average Bonchev–Trinajstić information content (AvgIpc) is 2.79. The largest absolute Gasteiger partial charge is 0.447 e. The fourth-order valence-electron chi connectivity index (χ4n) is 2.06. The minimum atomic E-state index is -0.202. The van der Waals surface area contributed by atoms with Crippen molar-refractivity contribution in [2.45, 2.75) is 12.5 Å². The van der Waals surface area contributed by atoms with Crippen molar-refractivity contribution in [2.75, 3.05) is 32.8 Å². The van der Waals surface area contributed by atoms with Gasteiger partial charge in [-0.2, -0.15) is 0 Å². The lowest BCUT2D eigenvalue weighted by molar-refractivity contribution is 0.153. The monoisotopic (exact) mass is 199 g/mol. The van der Waals surface area contributed by atoms with Gasteiger partial charge in [-0.05, 0) is 25.4 Å². The predicted octanol–water partition coefficient (Wildman–Crippen LogP) is -0.625. The molecular weight excluding hydrogens is 182 g/mol. The first-order valence-electron chi connectivity index (χ1n) is 5.15. The Kier molecular flexibility index (Phi) is 2.88. The second-order valence-electron chi connectivity index (χ2n) is 3.98. The van der Waals surface area contributed by atoms with Gasteiger partial charge in [0.25, 0.3) is 0 Å². The van der Waals surface area contributed by atoms with E-state index in [1.807, 2.05) is 0 Å². The normalized spacial score (nSPS) is 32.4. The molecule has 0 aliphatic carbocycles. The van der Waals surface area contributed by atoms with E-state index in [1.165, 1.54) is 0 Å². The van der Waals surface area contributed by atoms with E-state index >= 15 is 0 Å². The van der Waals surface area contributed by atoms with E-state index in [0.717, 1.165) is 26.1 Å². The number of nitrogens with zero attached hydrogens (tertiary/aromatic N) is 1. The van der Waals surface area contributed by atoms with Gasteiger partial charge in [-0.3, -0.25) is 0 Å². The fraction of sp³-hybridized carbons (Fsp3) is 0.889. The van der Waals surface area contributed by atoms with Gasteiger partial charge in [0, 0.05) is 13.1 Å². The molecule has 2 unspecified atom stereocenters. The Morgan fingerprint density at radius 3 is 3.14 bits per heavy atom. The molecule has 5 heteroatoms. The maximum absolute atomic E-state index is 11.4. The van der Waals surface area contributed by atoms with Crippen LogP contribution in [0.25, 0.3) is 0 Å². The van der Waals surface area contributed by atoms with Gasteiger partial charge in [-0.1, -0.05) is 0 Å². The van der Waals surface area contributed by atoms with Crippen LogP contribution in [0.1, 0.15) is 6.42 Å². The summed E-state index contributed by atoms with van der Waals surface area (Å²) in [4.78, 5) is 13.1. The number of rotatable bonds is 3. The molecule has 0 radical (unpaired) electrons. The van der Waals surface area contributed by atoms with Gasteiger partial charge in [0.1, 0.15) is 6.61 Å². The molecular formula is C9H17N3O2. The Hall–Kier alpha value is -0.810. The topological polar surface area (TPSA) is 67.6 Å². The van der Waals surface area contributed by atoms with Gasteiger partial charge < -0.3 is 20.7 Å². The summed E-state index contributed by atoms with van der Waals surface area (Å²) in [5, 5.41) is 3.28. The summed E-state index contributed by atoms with van der Waals surface area (Å²) in [5.74, 6) is 0.565. The molecule has 14 heavy (non-hydrogen) atoms. The SMILES string of the molecule is NCC1COC(=O)N1CC1CCNC1. The Morgan fingerprint density at radius 1 is 1.64 bits per heavy atom. The van der Waals surface area contributed by atoms with E-state index in [4.69, 9.17) is 10.5 Å². The van der Waals surface area contributed by atoms with Gasteiger partial charge in [0.15, 0.2) is 0 Å². The number of nitrogens with two attached hydrogens (primary N) is 1. The van der Waals surface area contributed by atoms with Crippen LogP contribution in [0.5, 0.6) is 0 Å². The number of ether oxygens (including phenoxy) is 1. The number of cyclic esters (lactones) is 1. The molecule has 2 aliphatic rings. The number of carbonyl (C=O) groups excluding carboxylic acids is 1. The molecule has 80 valence electrons. The van der Waals surface area contributed by atoms with E-state index in [0.29, 0.717) is 19.1 Å². The summed E-state index contributed by atoms with van der Waals surface area (Å²) in [5.41, 5.74) is 5.57.